The first-order chi connectivity index (χ1) is 16.8. The Morgan fingerprint density at radius 2 is 1.94 bits per heavy atom. The summed E-state index contributed by atoms with van der Waals surface area (Å²) in [4.78, 5) is 32.0. The fourth-order valence-electron chi connectivity index (χ4n) is 4.22. The second kappa shape index (κ2) is 9.89. The monoisotopic (exact) mass is 474 g/mol. The van der Waals surface area contributed by atoms with E-state index >= 15 is 0 Å². The molecule has 1 aliphatic rings. The Bertz CT molecular complexity index is 1300. The lowest BCUT2D eigenvalue weighted by Gasteiger charge is -2.26. The van der Waals surface area contributed by atoms with Crippen molar-refractivity contribution in [2.45, 2.75) is 26.4 Å². The van der Waals surface area contributed by atoms with Crippen LogP contribution >= 0.6 is 0 Å². The van der Waals surface area contributed by atoms with E-state index in [2.05, 4.69) is 4.98 Å². The van der Waals surface area contributed by atoms with E-state index in [-0.39, 0.29) is 29.4 Å². The minimum atomic E-state index is -0.906. The van der Waals surface area contributed by atoms with Crippen molar-refractivity contribution in [3.63, 3.8) is 0 Å². The number of aromatic nitrogens is 1. The van der Waals surface area contributed by atoms with Gasteiger partial charge in [-0.1, -0.05) is 12.1 Å². The molecule has 2 aromatic carbocycles. The van der Waals surface area contributed by atoms with Crippen molar-refractivity contribution in [2.24, 2.45) is 0 Å². The third kappa shape index (κ3) is 4.55. The highest BCUT2D eigenvalue weighted by Crippen LogP contribution is 2.43. The van der Waals surface area contributed by atoms with Crippen molar-refractivity contribution in [3.05, 3.63) is 88.8 Å². The Morgan fingerprint density at radius 1 is 1.14 bits per heavy atom. The summed E-state index contributed by atoms with van der Waals surface area (Å²) in [5.41, 5.74) is 2.30. The molecule has 1 aliphatic heterocycles. The lowest BCUT2D eigenvalue weighted by molar-refractivity contribution is -0.140. The first kappa shape index (κ1) is 23.8. The number of amides is 1. The van der Waals surface area contributed by atoms with Gasteiger partial charge in [0.25, 0.3) is 11.7 Å². The highest BCUT2D eigenvalue weighted by atomic mass is 16.5. The highest BCUT2D eigenvalue weighted by Gasteiger charge is 2.46. The van der Waals surface area contributed by atoms with E-state index in [1.54, 1.807) is 75.8 Å². The number of methoxy groups -OCH3 is 1. The highest BCUT2D eigenvalue weighted by molar-refractivity contribution is 6.46. The number of aryl methyl sites for hydroxylation is 1. The van der Waals surface area contributed by atoms with Crippen molar-refractivity contribution in [2.75, 3.05) is 13.7 Å². The van der Waals surface area contributed by atoms with Crippen LogP contribution in [0.3, 0.4) is 0 Å². The molecule has 0 unspecified atom stereocenters. The molecule has 0 saturated carbocycles. The number of phenols is 1. The van der Waals surface area contributed by atoms with Crippen molar-refractivity contribution >= 4 is 17.4 Å². The van der Waals surface area contributed by atoms with Crippen LogP contribution in [0.1, 0.15) is 35.2 Å². The number of ketones is 1. The predicted molar refractivity (Wildman–Crippen MR) is 129 cm³/mol. The van der Waals surface area contributed by atoms with Crippen LogP contribution in [0.5, 0.6) is 17.2 Å². The van der Waals surface area contributed by atoms with Gasteiger partial charge in [-0.3, -0.25) is 14.6 Å². The number of benzene rings is 2. The molecule has 0 bridgehead atoms. The average molecular weight is 475 g/mol. The number of aliphatic hydroxyl groups is 1. The maximum Gasteiger partial charge on any atom is 0.295 e. The lowest BCUT2D eigenvalue weighted by Crippen LogP contribution is -2.29. The second-order valence-electron chi connectivity index (χ2n) is 8.13. The number of likely N-dealkylation sites (tertiary alicyclic amines) is 1. The zero-order chi connectivity index (χ0) is 25.1. The van der Waals surface area contributed by atoms with Gasteiger partial charge >= 0.3 is 0 Å². The number of carbonyl (C=O) groups excluding carboxylic acids is 2. The van der Waals surface area contributed by atoms with Gasteiger partial charge in [0.05, 0.1) is 25.3 Å². The Kier molecular flexibility index (Phi) is 6.73. The molecule has 0 radical (unpaired) electrons. The molecule has 0 aliphatic carbocycles. The summed E-state index contributed by atoms with van der Waals surface area (Å²) < 4.78 is 10.8. The topological polar surface area (TPSA) is 109 Å². The number of hydrogen-bond donors (Lipinski definition) is 2. The SMILES string of the molecule is CCOc1cc([C@@H]2/C(=C(\O)c3ccc(OC)cc3C)C(=O)C(=O)N2Cc2cccnc2)ccc1O. The molecule has 1 fully saturated rings. The zero-order valence-corrected chi connectivity index (χ0v) is 19.7. The second-order valence-corrected chi connectivity index (χ2v) is 8.13. The number of Topliss-reactive ketones (excluding diaryl/α,β-unsaturated/α-hetero) is 1. The molecule has 8 heteroatoms. The van der Waals surface area contributed by atoms with Crippen LogP contribution in [0.4, 0.5) is 0 Å². The molecule has 2 N–H and O–H groups in total. The minimum absolute atomic E-state index is 0.0414. The fraction of sp³-hybridized carbons (Fsp3) is 0.222. The number of phenolic OH excluding ortho intramolecular Hbond substituents is 1. The van der Waals surface area contributed by atoms with E-state index < -0.39 is 17.7 Å². The maximum atomic E-state index is 13.3. The van der Waals surface area contributed by atoms with Gasteiger partial charge in [-0.25, -0.2) is 0 Å². The first-order valence-corrected chi connectivity index (χ1v) is 11.1. The van der Waals surface area contributed by atoms with Gasteiger partial charge in [-0.15, -0.1) is 0 Å². The number of aliphatic hydroxyl groups excluding tert-OH is 1. The maximum absolute atomic E-state index is 13.3. The standard InChI is InChI=1S/C27H26N2O6/c1-4-35-22-13-18(7-10-21(22)30)24-23(25(31)20-9-8-19(34-3)12-16(20)2)26(32)27(33)29(24)15-17-6-5-11-28-14-17/h5-14,24,30-31H,4,15H2,1-3H3/b25-23+/t24-/m1/s1. The summed E-state index contributed by atoms with van der Waals surface area (Å²) >= 11 is 0. The molecule has 1 amide bonds. The fourth-order valence-corrected chi connectivity index (χ4v) is 4.22. The van der Waals surface area contributed by atoms with Crippen LogP contribution in [0, 0.1) is 6.92 Å². The molecular weight excluding hydrogens is 448 g/mol. The van der Waals surface area contributed by atoms with E-state index in [1.807, 2.05) is 0 Å². The van der Waals surface area contributed by atoms with Gasteiger partial charge in [0.15, 0.2) is 11.5 Å². The summed E-state index contributed by atoms with van der Waals surface area (Å²) in [6, 6.07) is 12.4. The summed E-state index contributed by atoms with van der Waals surface area (Å²) in [6.45, 7) is 3.99. The average Bonchev–Trinajstić information content (AvgIpc) is 3.10. The van der Waals surface area contributed by atoms with E-state index in [0.29, 0.717) is 29.0 Å². The smallest absolute Gasteiger partial charge is 0.295 e. The van der Waals surface area contributed by atoms with Crippen molar-refractivity contribution in [1.82, 2.24) is 9.88 Å². The lowest BCUT2D eigenvalue weighted by atomic mass is 9.93. The van der Waals surface area contributed by atoms with Gasteiger partial charge in [-0.2, -0.15) is 0 Å². The van der Waals surface area contributed by atoms with E-state index in [9.17, 15) is 19.8 Å². The predicted octanol–water partition coefficient (Wildman–Crippen LogP) is 4.12. The van der Waals surface area contributed by atoms with Crippen molar-refractivity contribution in [3.8, 4) is 17.2 Å². The van der Waals surface area contributed by atoms with Gasteiger partial charge in [0.2, 0.25) is 0 Å². The number of rotatable bonds is 7. The Balaban J connectivity index is 1.90. The Labute approximate surface area is 203 Å². The third-order valence-electron chi connectivity index (χ3n) is 5.90. The number of ether oxygens (including phenoxy) is 2. The molecule has 8 nitrogen and oxygen atoms in total. The van der Waals surface area contributed by atoms with Crippen LogP contribution in [0.15, 0.2) is 66.5 Å². The Hall–Kier alpha value is -4.33. The molecule has 35 heavy (non-hydrogen) atoms. The van der Waals surface area contributed by atoms with Crippen LogP contribution in [-0.4, -0.2) is 45.5 Å². The molecule has 180 valence electrons. The largest absolute Gasteiger partial charge is 0.507 e. The van der Waals surface area contributed by atoms with Gasteiger partial charge in [0, 0.05) is 24.5 Å². The van der Waals surface area contributed by atoms with E-state index in [4.69, 9.17) is 9.47 Å². The third-order valence-corrected chi connectivity index (χ3v) is 5.90. The molecule has 4 rings (SSSR count). The minimum Gasteiger partial charge on any atom is -0.507 e. The van der Waals surface area contributed by atoms with Crippen molar-refractivity contribution < 1.29 is 29.3 Å². The van der Waals surface area contributed by atoms with Crippen LogP contribution < -0.4 is 9.47 Å². The van der Waals surface area contributed by atoms with E-state index in [0.717, 1.165) is 5.56 Å². The van der Waals surface area contributed by atoms with Crippen molar-refractivity contribution in [1.29, 1.82) is 0 Å². The van der Waals surface area contributed by atoms with E-state index in [1.165, 1.54) is 11.0 Å². The molecule has 1 aromatic heterocycles. The van der Waals surface area contributed by atoms with Gasteiger partial charge < -0.3 is 24.6 Å². The normalized spacial score (nSPS) is 17.0. The molecule has 2 heterocycles. The van der Waals surface area contributed by atoms with Crippen LogP contribution in [-0.2, 0) is 16.1 Å². The molecule has 3 aromatic rings. The number of pyridine rings is 1. The zero-order valence-electron chi connectivity index (χ0n) is 19.7. The molecule has 1 saturated heterocycles. The summed E-state index contributed by atoms with van der Waals surface area (Å²) in [6.07, 6.45) is 3.24. The number of aromatic hydroxyl groups is 1. The van der Waals surface area contributed by atoms with Crippen LogP contribution in [0.2, 0.25) is 0 Å². The number of hydrogen-bond acceptors (Lipinski definition) is 7. The molecule has 1 atom stereocenters. The number of nitrogens with zero attached hydrogens (tertiary/aromatic N) is 2. The number of carbonyl (C=O) groups is 2. The summed E-state index contributed by atoms with van der Waals surface area (Å²) in [7, 11) is 1.54. The summed E-state index contributed by atoms with van der Waals surface area (Å²) in [5.74, 6) is -1.06. The Morgan fingerprint density at radius 3 is 2.60 bits per heavy atom. The molecular formula is C27H26N2O6. The summed E-state index contributed by atoms with van der Waals surface area (Å²) in [5, 5.41) is 21.5. The first-order valence-electron chi connectivity index (χ1n) is 11.1. The van der Waals surface area contributed by atoms with Crippen LogP contribution in [0.25, 0.3) is 5.76 Å². The van der Waals surface area contributed by atoms with Gasteiger partial charge in [-0.05, 0) is 66.9 Å². The van der Waals surface area contributed by atoms with Gasteiger partial charge in [0.1, 0.15) is 11.5 Å². The quantitative estimate of drug-likeness (QED) is 0.301. The molecule has 0 spiro atoms.